The number of hydrogen-bond acceptors (Lipinski definition) is 3. The van der Waals surface area contributed by atoms with Gasteiger partial charge in [-0.1, -0.05) is 0 Å². The SMILES string of the molecule is CC(C(=O)c1ccc(F)c(F)c1)N1CCC(CCO)C1. The number of ketones is 1. The largest absolute Gasteiger partial charge is 0.396 e. The second-order valence-electron chi connectivity index (χ2n) is 5.33. The van der Waals surface area contributed by atoms with Gasteiger partial charge in [0.25, 0.3) is 0 Å². The Hall–Kier alpha value is -1.33. The number of nitrogens with zero attached hydrogens (tertiary/aromatic N) is 1. The summed E-state index contributed by atoms with van der Waals surface area (Å²) in [6, 6.07) is 2.89. The first-order chi connectivity index (χ1) is 9.52. The molecule has 1 fully saturated rings. The van der Waals surface area contributed by atoms with E-state index in [1.54, 1.807) is 6.92 Å². The highest BCUT2D eigenvalue weighted by molar-refractivity contribution is 5.99. The van der Waals surface area contributed by atoms with E-state index in [0.29, 0.717) is 5.92 Å². The zero-order valence-corrected chi connectivity index (χ0v) is 11.5. The number of halogens is 2. The zero-order chi connectivity index (χ0) is 14.7. The van der Waals surface area contributed by atoms with Crippen molar-refractivity contribution in [1.29, 1.82) is 0 Å². The summed E-state index contributed by atoms with van der Waals surface area (Å²) in [5, 5.41) is 8.93. The highest BCUT2D eigenvalue weighted by atomic mass is 19.2. The van der Waals surface area contributed by atoms with E-state index in [1.807, 2.05) is 4.90 Å². The van der Waals surface area contributed by atoms with Crippen LogP contribution in [0, 0.1) is 17.6 Å². The molecule has 1 saturated heterocycles. The van der Waals surface area contributed by atoms with E-state index in [2.05, 4.69) is 0 Å². The number of hydrogen-bond donors (Lipinski definition) is 1. The summed E-state index contributed by atoms with van der Waals surface area (Å²) in [4.78, 5) is 14.3. The van der Waals surface area contributed by atoms with Crippen LogP contribution in [0.4, 0.5) is 8.78 Å². The van der Waals surface area contributed by atoms with Gasteiger partial charge in [0.2, 0.25) is 0 Å². The van der Waals surface area contributed by atoms with E-state index in [0.717, 1.165) is 38.1 Å². The monoisotopic (exact) mass is 283 g/mol. The minimum atomic E-state index is -0.998. The Morgan fingerprint density at radius 3 is 2.85 bits per heavy atom. The van der Waals surface area contributed by atoms with Crippen LogP contribution in [0.5, 0.6) is 0 Å². The molecule has 5 heteroatoms. The fraction of sp³-hybridized carbons (Fsp3) is 0.533. The zero-order valence-electron chi connectivity index (χ0n) is 11.5. The van der Waals surface area contributed by atoms with Crippen LogP contribution in [0.15, 0.2) is 18.2 Å². The molecule has 1 aliphatic rings. The van der Waals surface area contributed by atoms with Crippen molar-refractivity contribution in [1.82, 2.24) is 4.90 Å². The summed E-state index contributed by atoms with van der Waals surface area (Å²) in [7, 11) is 0. The number of carbonyl (C=O) groups excluding carboxylic acids is 1. The van der Waals surface area contributed by atoms with E-state index >= 15 is 0 Å². The molecule has 0 radical (unpaired) electrons. The standard InChI is InChI=1S/C15H19F2NO2/c1-10(18-6-4-11(9-18)5-7-19)15(20)12-2-3-13(16)14(17)8-12/h2-3,8,10-11,19H,4-7,9H2,1H3. The predicted octanol–water partition coefficient (Wildman–Crippen LogP) is 2.24. The molecule has 0 aliphatic carbocycles. The summed E-state index contributed by atoms with van der Waals surface area (Å²) in [5.74, 6) is -1.74. The van der Waals surface area contributed by atoms with E-state index in [-0.39, 0.29) is 24.0 Å². The first kappa shape index (κ1) is 15.1. The average Bonchev–Trinajstić information content (AvgIpc) is 2.89. The molecule has 2 rings (SSSR count). The Balaban J connectivity index is 2.03. The number of benzene rings is 1. The maximum absolute atomic E-state index is 13.2. The number of rotatable bonds is 5. The van der Waals surface area contributed by atoms with Crippen molar-refractivity contribution in [3.8, 4) is 0 Å². The Morgan fingerprint density at radius 2 is 2.20 bits per heavy atom. The topological polar surface area (TPSA) is 40.5 Å². The molecule has 1 N–H and O–H groups in total. The first-order valence-corrected chi connectivity index (χ1v) is 6.87. The van der Waals surface area contributed by atoms with Crippen molar-refractivity contribution in [2.45, 2.75) is 25.8 Å². The number of aliphatic hydroxyl groups excluding tert-OH is 1. The van der Waals surface area contributed by atoms with Crippen LogP contribution in [-0.4, -0.2) is 41.5 Å². The molecule has 1 aromatic carbocycles. The lowest BCUT2D eigenvalue weighted by Gasteiger charge is -2.23. The van der Waals surface area contributed by atoms with Gasteiger partial charge in [-0.2, -0.15) is 0 Å². The molecule has 20 heavy (non-hydrogen) atoms. The predicted molar refractivity (Wildman–Crippen MR) is 71.5 cm³/mol. The molecule has 0 saturated carbocycles. The number of likely N-dealkylation sites (tertiary alicyclic amines) is 1. The lowest BCUT2D eigenvalue weighted by atomic mass is 10.0. The van der Waals surface area contributed by atoms with Crippen molar-refractivity contribution in [2.24, 2.45) is 5.92 Å². The molecular weight excluding hydrogens is 264 g/mol. The average molecular weight is 283 g/mol. The second kappa shape index (κ2) is 6.41. The molecule has 3 nitrogen and oxygen atoms in total. The van der Waals surface area contributed by atoms with E-state index in [9.17, 15) is 13.6 Å². The third-order valence-corrected chi connectivity index (χ3v) is 3.99. The Morgan fingerprint density at radius 1 is 1.45 bits per heavy atom. The van der Waals surface area contributed by atoms with Gasteiger partial charge < -0.3 is 5.11 Å². The van der Waals surface area contributed by atoms with Crippen LogP contribution in [0.2, 0.25) is 0 Å². The molecule has 2 unspecified atom stereocenters. The van der Waals surface area contributed by atoms with Crippen LogP contribution in [0.3, 0.4) is 0 Å². The van der Waals surface area contributed by atoms with Gasteiger partial charge in [0.1, 0.15) is 0 Å². The van der Waals surface area contributed by atoms with Crippen molar-refractivity contribution in [3.05, 3.63) is 35.4 Å². The molecule has 0 bridgehead atoms. The lowest BCUT2D eigenvalue weighted by molar-refractivity contribution is 0.0861. The van der Waals surface area contributed by atoms with Gasteiger partial charge in [-0.05, 0) is 50.4 Å². The summed E-state index contributed by atoms with van der Waals surface area (Å²) in [5.41, 5.74) is 0.196. The molecule has 2 atom stereocenters. The van der Waals surface area contributed by atoms with Gasteiger partial charge in [0, 0.05) is 18.7 Å². The van der Waals surface area contributed by atoms with Gasteiger partial charge in [0.05, 0.1) is 6.04 Å². The van der Waals surface area contributed by atoms with Crippen LogP contribution in [0.25, 0.3) is 0 Å². The summed E-state index contributed by atoms with van der Waals surface area (Å²) in [6.07, 6.45) is 1.69. The van der Waals surface area contributed by atoms with E-state index in [4.69, 9.17) is 5.11 Å². The molecule has 0 spiro atoms. The van der Waals surface area contributed by atoms with Gasteiger partial charge in [-0.15, -0.1) is 0 Å². The minimum Gasteiger partial charge on any atom is -0.396 e. The second-order valence-corrected chi connectivity index (χ2v) is 5.33. The van der Waals surface area contributed by atoms with E-state index in [1.165, 1.54) is 6.07 Å². The van der Waals surface area contributed by atoms with Crippen molar-refractivity contribution in [3.63, 3.8) is 0 Å². The fourth-order valence-electron chi connectivity index (χ4n) is 2.69. The smallest absolute Gasteiger partial charge is 0.179 e. The van der Waals surface area contributed by atoms with Gasteiger partial charge in [-0.3, -0.25) is 9.69 Å². The van der Waals surface area contributed by atoms with Crippen LogP contribution in [-0.2, 0) is 0 Å². The Kier molecular flexibility index (Phi) is 4.83. The van der Waals surface area contributed by atoms with Crippen molar-refractivity contribution in [2.75, 3.05) is 19.7 Å². The summed E-state index contributed by atoms with van der Waals surface area (Å²) < 4.78 is 26.1. The van der Waals surface area contributed by atoms with Crippen molar-refractivity contribution >= 4 is 5.78 Å². The third kappa shape index (κ3) is 3.22. The van der Waals surface area contributed by atoms with Crippen LogP contribution >= 0.6 is 0 Å². The highest BCUT2D eigenvalue weighted by Crippen LogP contribution is 2.23. The Labute approximate surface area is 117 Å². The van der Waals surface area contributed by atoms with Crippen LogP contribution < -0.4 is 0 Å². The number of carbonyl (C=O) groups is 1. The third-order valence-electron chi connectivity index (χ3n) is 3.99. The van der Waals surface area contributed by atoms with Gasteiger partial charge in [0.15, 0.2) is 17.4 Å². The van der Waals surface area contributed by atoms with Gasteiger partial charge in [-0.25, -0.2) is 8.78 Å². The lowest BCUT2D eigenvalue weighted by Crippen LogP contribution is -2.37. The molecule has 0 amide bonds. The molecule has 1 heterocycles. The van der Waals surface area contributed by atoms with Crippen LogP contribution in [0.1, 0.15) is 30.1 Å². The summed E-state index contributed by atoms with van der Waals surface area (Å²) >= 11 is 0. The normalized spacial score (nSPS) is 21.1. The minimum absolute atomic E-state index is 0.157. The van der Waals surface area contributed by atoms with E-state index < -0.39 is 11.6 Å². The van der Waals surface area contributed by atoms with Crippen molar-refractivity contribution < 1.29 is 18.7 Å². The molecule has 1 aliphatic heterocycles. The molecule has 0 aromatic heterocycles. The quantitative estimate of drug-likeness (QED) is 0.843. The number of Topliss-reactive ketones (excluding diaryl/α,β-unsaturated/α-hetero) is 1. The fourth-order valence-corrected chi connectivity index (χ4v) is 2.69. The molecule has 1 aromatic rings. The highest BCUT2D eigenvalue weighted by Gasteiger charge is 2.29. The first-order valence-electron chi connectivity index (χ1n) is 6.87. The maximum Gasteiger partial charge on any atom is 0.179 e. The maximum atomic E-state index is 13.2. The number of aliphatic hydroxyl groups is 1. The van der Waals surface area contributed by atoms with Gasteiger partial charge >= 0.3 is 0 Å². The molecule has 110 valence electrons. The Bertz CT molecular complexity index is 493. The molecular formula is C15H19F2NO2. The summed E-state index contributed by atoms with van der Waals surface area (Å²) in [6.45, 7) is 3.49.